The van der Waals surface area contributed by atoms with Crippen molar-refractivity contribution in [3.63, 3.8) is 0 Å². The molecule has 1 aliphatic heterocycles. The second-order valence-corrected chi connectivity index (χ2v) is 3.07. The van der Waals surface area contributed by atoms with Crippen molar-refractivity contribution in [1.29, 1.82) is 0 Å². The second-order valence-electron chi connectivity index (χ2n) is 3.07. The molecule has 0 amide bonds. The van der Waals surface area contributed by atoms with Gasteiger partial charge in [0.05, 0.1) is 12.7 Å². The maximum atomic E-state index is 5.65. The number of nitrogens with zero attached hydrogens (tertiary/aromatic N) is 2. The molecular formula is C9H13N3O. The van der Waals surface area contributed by atoms with Crippen LogP contribution in [0.25, 0.3) is 0 Å². The van der Waals surface area contributed by atoms with Gasteiger partial charge in [-0.25, -0.2) is 9.97 Å². The number of hydrogen-bond donors (Lipinski definition) is 1. The lowest BCUT2D eigenvalue weighted by atomic mass is 10.1. The number of rotatable bonds is 1. The molecule has 1 saturated heterocycles. The third kappa shape index (κ3) is 2.23. The van der Waals surface area contributed by atoms with Gasteiger partial charge < -0.3 is 10.1 Å². The summed E-state index contributed by atoms with van der Waals surface area (Å²) in [4.78, 5) is 7.96. The third-order valence-electron chi connectivity index (χ3n) is 2.13. The number of nitrogens with one attached hydrogen (secondary N) is 1. The van der Waals surface area contributed by atoms with Crippen molar-refractivity contribution in [1.82, 2.24) is 15.3 Å². The summed E-state index contributed by atoms with van der Waals surface area (Å²) >= 11 is 0. The first-order valence-electron chi connectivity index (χ1n) is 4.54. The molecule has 1 N–H and O–H groups in total. The average molecular weight is 179 g/mol. The molecule has 1 aromatic rings. The molecule has 0 saturated carbocycles. The molecule has 70 valence electrons. The summed E-state index contributed by atoms with van der Waals surface area (Å²) in [6.45, 7) is 2.70. The van der Waals surface area contributed by atoms with E-state index in [1.165, 1.54) is 0 Å². The van der Waals surface area contributed by atoms with Gasteiger partial charge in [0.25, 0.3) is 0 Å². The van der Waals surface area contributed by atoms with Crippen LogP contribution in [0.2, 0.25) is 0 Å². The molecule has 4 nitrogen and oxygen atoms in total. The topological polar surface area (TPSA) is 47.0 Å². The molecule has 0 radical (unpaired) electrons. The van der Waals surface area contributed by atoms with Gasteiger partial charge in [-0.1, -0.05) is 0 Å². The lowest BCUT2D eigenvalue weighted by molar-refractivity contribution is 0.0639. The molecule has 0 aromatic carbocycles. The van der Waals surface area contributed by atoms with Crippen molar-refractivity contribution in [3.05, 3.63) is 24.3 Å². The van der Waals surface area contributed by atoms with Crippen LogP contribution in [0.1, 0.15) is 18.1 Å². The Hall–Kier alpha value is -1.00. The first-order valence-corrected chi connectivity index (χ1v) is 4.54. The van der Waals surface area contributed by atoms with Gasteiger partial charge in [-0.2, -0.15) is 0 Å². The van der Waals surface area contributed by atoms with E-state index in [4.69, 9.17) is 4.74 Å². The van der Waals surface area contributed by atoms with Crippen LogP contribution < -0.4 is 5.32 Å². The molecule has 0 unspecified atom stereocenters. The fourth-order valence-electron chi connectivity index (χ4n) is 1.45. The van der Waals surface area contributed by atoms with Crippen LogP contribution in [0, 0.1) is 0 Å². The van der Waals surface area contributed by atoms with Gasteiger partial charge in [0.2, 0.25) is 0 Å². The molecule has 0 spiro atoms. The van der Waals surface area contributed by atoms with E-state index in [9.17, 15) is 0 Å². The van der Waals surface area contributed by atoms with Gasteiger partial charge in [0.15, 0.2) is 0 Å². The largest absolute Gasteiger partial charge is 0.372 e. The maximum absolute atomic E-state index is 5.65. The Morgan fingerprint density at radius 2 is 2.15 bits per heavy atom. The predicted molar refractivity (Wildman–Crippen MR) is 48.2 cm³/mol. The molecule has 0 aliphatic carbocycles. The van der Waals surface area contributed by atoms with Crippen molar-refractivity contribution in [2.24, 2.45) is 0 Å². The first kappa shape index (κ1) is 8.59. The number of hydrogen-bond acceptors (Lipinski definition) is 4. The minimum absolute atomic E-state index is 0.163. The molecule has 1 atom stereocenters. The molecular weight excluding hydrogens is 166 g/mol. The zero-order valence-corrected chi connectivity index (χ0v) is 7.44. The SMILES string of the molecule is c1ncc([C@@H]2CCNCCO2)cn1. The lowest BCUT2D eigenvalue weighted by Crippen LogP contribution is -2.16. The zero-order chi connectivity index (χ0) is 8.93. The Morgan fingerprint density at radius 3 is 3.00 bits per heavy atom. The Labute approximate surface area is 77.4 Å². The van der Waals surface area contributed by atoms with Crippen molar-refractivity contribution < 1.29 is 4.74 Å². The van der Waals surface area contributed by atoms with E-state index >= 15 is 0 Å². The number of ether oxygens (including phenoxy) is 1. The van der Waals surface area contributed by atoms with Gasteiger partial charge >= 0.3 is 0 Å². The highest BCUT2D eigenvalue weighted by Crippen LogP contribution is 2.19. The van der Waals surface area contributed by atoms with Crippen molar-refractivity contribution in [3.8, 4) is 0 Å². The molecule has 0 bridgehead atoms. The summed E-state index contributed by atoms with van der Waals surface area (Å²) in [6.07, 6.45) is 6.34. The second kappa shape index (κ2) is 4.30. The minimum Gasteiger partial charge on any atom is -0.372 e. The van der Waals surface area contributed by atoms with Crippen molar-refractivity contribution in [2.75, 3.05) is 19.7 Å². The Morgan fingerprint density at radius 1 is 1.31 bits per heavy atom. The summed E-state index contributed by atoms with van der Waals surface area (Å²) in [5.41, 5.74) is 1.08. The van der Waals surface area contributed by atoms with E-state index in [0.717, 1.165) is 31.7 Å². The maximum Gasteiger partial charge on any atom is 0.115 e. The van der Waals surface area contributed by atoms with E-state index in [-0.39, 0.29) is 6.10 Å². The van der Waals surface area contributed by atoms with Gasteiger partial charge in [0.1, 0.15) is 6.33 Å². The fraction of sp³-hybridized carbons (Fsp3) is 0.556. The highest BCUT2D eigenvalue weighted by Gasteiger charge is 2.14. The monoisotopic (exact) mass is 179 g/mol. The van der Waals surface area contributed by atoms with Crippen LogP contribution in [0.3, 0.4) is 0 Å². The molecule has 2 rings (SSSR count). The molecule has 1 aliphatic rings. The van der Waals surface area contributed by atoms with Crippen LogP contribution in [-0.2, 0) is 4.74 Å². The van der Waals surface area contributed by atoms with Gasteiger partial charge in [-0.3, -0.25) is 0 Å². The summed E-state index contributed by atoms with van der Waals surface area (Å²) in [5, 5.41) is 3.28. The summed E-state index contributed by atoms with van der Waals surface area (Å²) in [7, 11) is 0. The lowest BCUT2D eigenvalue weighted by Gasteiger charge is -2.13. The van der Waals surface area contributed by atoms with Gasteiger partial charge in [0, 0.05) is 24.5 Å². The molecule has 1 aromatic heterocycles. The quantitative estimate of drug-likeness (QED) is 0.683. The first-order chi connectivity index (χ1) is 6.47. The van der Waals surface area contributed by atoms with E-state index in [2.05, 4.69) is 15.3 Å². The summed E-state index contributed by atoms with van der Waals surface area (Å²) < 4.78 is 5.65. The standard InChI is InChI=1S/C9H13N3O/c1-2-10-3-4-13-9(1)8-5-11-7-12-6-8/h5-7,9-10H,1-4H2/t9-/m0/s1. The fourth-order valence-corrected chi connectivity index (χ4v) is 1.45. The normalized spacial score (nSPS) is 23.8. The molecule has 2 heterocycles. The van der Waals surface area contributed by atoms with Gasteiger partial charge in [-0.05, 0) is 13.0 Å². The van der Waals surface area contributed by atoms with Crippen LogP contribution in [-0.4, -0.2) is 29.7 Å². The summed E-state index contributed by atoms with van der Waals surface area (Å²) in [6, 6.07) is 0. The summed E-state index contributed by atoms with van der Waals surface area (Å²) in [5.74, 6) is 0. The van der Waals surface area contributed by atoms with E-state index in [1.54, 1.807) is 6.33 Å². The van der Waals surface area contributed by atoms with Crippen LogP contribution in [0.15, 0.2) is 18.7 Å². The number of aromatic nitrogens is 2. The smallest absolute Gasteiger partial charge is 0.115 e. The third-order valence-corrected chi connectivity index (χ3v) is 2.13. The van der Waals surface area contributed by atoms with Crippen LogP contribution in [0.4, 0.5) is 0 Å². The van der Waals surface area contributed by atoms with Crippen LogP contribution in [0.5, 0.6) is 0 Å². The Bertz CT molecular complexity index is 244. The van der Waals surface area contributed by atoms with Crippen molar-refractivity contribution >= 4 is 0 Å². The highest BCUT2D eigenvalue weighted by atomic mass is 16.5. The average Bonchev–Trinajstić information content (AvgIpc) is 2.47. The molecule has 1 fully saturated rings. The minimum atomic E-state index is 0.163. The highest BCUT2D eigenvalue weighted by molar-refractivity contribution is 5.07. The zero-order valence-electron chi connectivity index (χ0n) is 7.44. The Kier molecular flexibility index (Phi) is 2.84. The van der Waals surface area contributed by atoms with Crippen LogP contribution >= 0.6 is 0 Å². The van der Waals surface area contributed by atoms with Gasteiger partial charge in [-0.15, -0.1) is 0 Å². The van der Waals surface area contributed by atoms with E-state index < -0.39 is 0 Å². The predicted octanol–water partition coefficient (Wildman–Crippen LogP) is 0.528. The van der Waals surface area contributed by atoms with E-state index in [1.807, 2.05) is 12.4 Å². The Balaban J connectivity index is 2.06. The molecule has 4 heteroatoms. The van der Waals surface area contributed by atoms with Crippen molar-refractivity contribution in [2.45, 2.75) is 12.5 Å². The van der Waals surface area contributed by atoms with E-state index in [0.29, 0.717) is 0 Å². The molecule has 13 heavy (non-hydrogen) atoms.